The zero-order chi connectivity index (χ0) is 13.5. The van der Waals surface area contributed by atoms with Crippen LogP contribution < -0.4 is 5.32 Å². The van der Waals surface area contributed by atoms with E-state index in [1.165, 1.54) is 0 Å². The Kier molecular flexibility index (Phi) is 7.23. The van der Waals surface area contributed by atoms with E-state index >= 15 is 0 Å². The van der Waals surface area contributed by atoms with Crippen molar-refractivity contribution >= 4 is 27.5 Å². The predicted octanol–water partition coefficient (Wildman–Crippen LogP) is 4.25. The Balaban J connectivity index is 2.55. The minimum Gasteiger partial charge on any atom is -0.380 e. The van der Waals surface area contributed by atoms with Crippen molar-refractivity contribution < 1.29 is 4.74 Å². The lowest BCUT2D eigenvalue weighted by Crippen LogP contribution is -2.37. The Bertz CT molecular complexity index is 371. The SMILES string of the molecule is CCOCC(NCc1ccc(Br)cc1Cl)C(C)C. The topological polar surface area (TPSA) is 21.3 Å². The Morgan fingerprint density at radius 2 is 2.11 bits per heavy atom. The molecule has 1 atom stereocenters. The van der Waals surface area contributed by atoms with Crippen LogP contribution in [0, 0.1) is 5.92 Å². The maximum atomic E-state index is 6.20. The van der Waals surface area contributed by atoms with Crippen LogP contribution >= 0.6 is 27.5 Å². The summed E-state index contributed by atoms with van der Waals surface area (Å²) in [6, 6.07) is 6.32. The molecule has 0 aliphatic rings. The number of nitrogens with one attached hydrogen (secondary N) is 1. The summed E-state index contributed by atoms with van der Waals surface area (Å²) in [6.07, 6.45) is 0. The van der Waals surface area contributed by atoms with E-state index in [0.29, 0.717) is 12.0 Å². The van der Waals surface area contributed by atoms with Gasteiger partial charge in [-0.15, -0.1) is 0 Å². The standard InChI is InChI=1S/C14H21BrClNO/c1-4-18-9-14(10(2)3)17-8-11-5-6-12(15)7-13(11)16/h5-7,10,14,17H,4,8-9H2,1-3H3. The Hall–Kier alpha value is -0.0900. The molecule has 1 aromatic carbocycles. The zero-order valence-electron chi connectivity index (χ0n) is 11.2. The van der Waals surface area contributed by atoms with Gasteiger partial charge in [0.2, 0.25) is 0 Å². The van der Waals surface area contributed by atoms with Crippen LogP contribution in [0.2, 0.25) is 5.02 Å². The van der Waals surface area contributed by atoms with Crippen LogP contribution in [0.1, 0.15) is 26.3 Å². The molecule has 102 valence electrons. The van der Waals surface area contributed by atoms with E-state index in [9.17, 15) is 0 Å². The van der Waals surface area contributed by atoms with Gasteiger partial charge in [-0.05, 0) is 30.5 Å². The highest BCUT2D eigenvalue weighted by Crippen LogP contribution is 2.21. The highest BCUT2D eigenvalue weighted by molar-refractivity contribution is 9.10. The molecule has 2 nitrogen and oxygen atoms in total. The molecule has 1 N–H and O–H groups in total. The Morgan fingerprint density at radius 3 is 2.67 bits per heavy atom. The molecule has 0 spiro atoms. The molecule has 0 aromatic heterocycles. The summed E-state index contributed by atoms with van der Waals surface area (Å²) < 4.78 is 6.50. The third kappa shape index (κ3) is 5.27. The van der Waals surface area contributed by atoms with Crippen molar-refractivity contribution in [2.75, 3.05) is 13.2 Å². The molecule has 18 heavy (non-hydrogen) atoms. The van der Waals surface area contributed by atoms with Crippen molar-refractivity contribution in [1.82, 2.24) is 5.32 Å². The van der Waals surface area contributed by atoms with Crippen LogP contribution in [0.3, 0.4) is 0 Å². The molecule has 0 saturated heterocycles. The summed E-state index contributed by atoms with van der Waals surface area (Å²) in [6.45, 7) is 8.66. The fraction of sp³-hybridized carbons (Fsp3) is 0.571. The van der Waals surface area contributed by atoms with Crippen molar-refractivity contribution in [3.63, 3.8) is 0 Å². The third-order valence-corrected chi connectivity index (χ3v) is 3.72. The van der Waals surface area contributed by atoms with Crippen molar-refractivity contribution in [2.45, 2.75) is 33.4 Å². The number of benzene rings is 1. The molecule has 4 heteroatoms. The van der Waals surface area contributed by atoms with Crippen molar-refractivity contribution in [1.29, 1.82) is 0 Å². The second-order valence-corrected chi connectivity index (χ2v) is 5.95. The lowest BCUT2D eigenvalue weighted by molar-refractivity contribution is 0.108. The third-order valence-electron chi connectivity index (χ3n) is 2.88. The van der Waals surface area contributed by atoms with Gasteiger partial charge in [0.05, 0.1) is 6.61 Å². The van der Waals surface area contributed by atoms with Crippen LogP contribution in [0.5, 0.6) is 0 Å². The lowest BCUT2D eigenvalue weighted by atomic mass is 10.0. The van der Waals surface area contributed by atoms with E-state index in [4.69, 9.17) is 16.3 Å². The first kappa shape index (κ1) is 16.0. The molecular formula is C14H21BrClNO. The number of hydrogen-bond donors (Lipinski definition) is 1. The first-order valence-corrected chi connectivity index (χ1v) is 7.46. The second kappa shape index (κ2) is 8.16. The molecule has 1 rings (SSSR count). The smallest absolute Gasteiger partial charge is 0.0622 e. The van der Waals surface area contributed by atoms with E-state index < -0.39 is 0 Å². The number of ether oxygens (including phenoxy) is 1. The highest BCUT2D eigenvalue weighted by Gasteiger charge is 2.13. The highest BCUT2D eigenvalue weighted by atomic mass is 79.9. The normalized spacial score (nSPS) is 13.0. The minimum absolute atomic E-state index is 0.352. The van der Waals surface area contributed by atoms with Gasteiger partial charge < -0.3 is 10.1 Å². The van der Waals surface area contributed by atoms with E-state index in [1.54, 1.807) is 0 Å². The summed E-state index contributed by atoms with van der Waals surface area (Å²) in [5.41, 5.74) is 1.11. The van der Waals surface area contributed by atoms with Crippen molar-refractivity contribution in [2.24, 2.45) is 5.92 Å². The van der Waals surface area contributed by atoms with Crippen LogP contribution in [-0.2, 0) is 11.3 Å². The average molecular weight is 335 g/mol. The molecule has 0 aliphatic heterocycles. The molecule has 0 amide bonds. The number of halogens is 2. The molecule has 1 unspecified atom stereocenters. The summed E-state index contributed by atoms with van der Waals surface area (Å²) >= 11 is 9.60. The number of rotatable bonds is 7. The fourth-order valence-electron chi connectivity index (χ4n) is 1.64. The maximum absolute atomic E-state index is 6.20. The zero-order valence-corrected chi connectivity index (χ0v) is 13.5. The van der Waals surface area contributed by atoms with Crippen LogP contribution in [0.4, 0.5) is 0 Å². The van der Waals surface area contributed by atoms with Crippen LogP contribution in [-0.4, -0.2) is 19.3 Å². The molecule has 1 aromatic rings. The van der Waals surface area contributed by atoms with Crippen LogP contribution in [0.15, 0.2) is 22.7 Å². The summed E-state index contributed by atoms with van der Waals surface area (Å²) in [4.78, 5) is 0. The van der Waals surface area contributed by atoms with Gasteiger partial charge in [0.25, 0.3) is 0 Å². The molecule has 0 fully saturated rings. The van der Waals surface area contributed by atoms with Gasteiger partial charge in [0.15, 0.2) is 0 Å². The fourth-order valence-corrected chi connectivity index (χ4v) is 2.38. The molecule has 0 heterocycles. The van der Waals surface area contributed by atoms with Gasteiger partial charge in [-0.25, -0.2) is 0 Å². The largest absolute Gasteiger partial charge is 0.380 e. The van der Waals surface area contributed by atoms with E-state index in [-0.39, 0.29) is 0 Å². The quantitative estimate of drug-likeness (QED) is 0.804. The van der Waals surface area contributed by atoms with Crippen molar-refractivity contribution in [3.05, 3.63) is 33.3 Å². The van der Waals surface area contributed by atoms with Gasteiger partial charge in [0.1, 0.15) is 0 Å². The van der Waals surface area contributed by atoms with Gasteiger partial charge in [-0.1, -0.05) is 47.4 Å². The number of hydrogen-bond acceptors (Lipinski definition) is 2. The average Bonchev–Trinajstić information content (AvgIpc) is 2.31. The second-order valence-electron chi connectivity index (χ2n) is 4.63. The molecular weight excluding hydrogens is 314 g/mol. The van der Waals surface area contributed by atoms with Crippen molar-refractivity contribution in [3.8, 4) is 0 Å². The van der Waals surface area contributed by atoms with Gasteiger partial charge in [0, 0.05) is 28.7 Å². The lowest BCUT2D eigenvalue weighted by Gasteiger charge is -2.22. The molecule has 0 saturated carbocycles. The molecule has 0 aliphatic carbocycles. The first-order valence-electron chi connectivity index (χ1n) is 6.29. The monoisotopic (exact) mass is 333 g/mol. The molecule has 0 bridgehead atoms. The Labute approximate surface area is 123 Å². The van der Waals surface area contributed by atoms with Gasteiger partial charge in [-0.2, -0.15) is 0 Å². The van der Waals surface area contributed by atoms with E-state index in [2.05, 4.69) is 35.1 Å². The summed E-state index contributed by atoms with van der Waals surface area (Å²) in [5.74, 6) is 0.533. The predicted molar refractivity (Wildman–Crippen MR) is 81.1 cm³/mol. The minimum atomic E-state index is 0.352. The van der Waals surface area contributed by atoms with Gasteiger partial charge in [-0.3, -0.25) is 0 Å². The van der Waals surface area contributed by atoms with E-state index in [0.717, 1.165) is 34.8 Å². The summed E-state index contributed by atoms with van der Waals surface area (Å²) in [7, 11) is 0. The summed E-state index contributed by atoms with van der Waals surface area (Å²) in [5, 5.41) is 4.29. The van der Waals surface area contributed by atoms with E-state index in [1.807, 2.05) is 25.1 Å². The molecule has 0 radical (unpaired) electrons. The van der Waals surface area contributed by atoms with Gasteiger partial charge >= 0.3 is 0 Å². The van der Waals surface area contributed by atoms with Crippen LogP contribution in [0.25, 0.3) is 0 Å². The maximum Gasteiger partial charge on any atom is 0.0622 e. The Morgan fingerprint density at radius 1 is 1.39 bits per heavy atom. The first-order chi connectivity index (χ1) is 8.54.